The molecular weight excluding hydrogens is 536 g/mol. The van der Waals surface area contributed by atoms with Gasteiger partial charge in [0.25, 0.3) is 10.5 Å². The lowest BCUT2D eigenvalue weighted by Gasteiger charge is -2.17. The lowest BCUT2D eigenvalue weighted by Crippen LogP contribution is -2.13. The summed E-state index contributed by atoms with van der Waals surface area (Å²) in [4.78, 5) is 23.0. The van der Waals surface area contributed by atoms with Gasteiger partial charge in [-0.3, -0.25) is 9.59 Å². The normalized spacial score (nSPS) is 12.8. The Labute approximate surface area is 228 Å². The maximum atomic E-state index is 12.1. The number of nitrogens with zero attached hydrogens (tertiary/aromatic N) is 1. The number of aromatic nitrogens is 1. The van der Waals surface area contributed by atoms with Crippen LogP contribution in [-0.2, 0) is 10.0 Å². The SMILES string of the molecule is C.NC(=O)S.NC(=O)S.NS(=O)(=O)c1ccccc1-c1nc(C2CCCCC2)oc1-c1ccccc1.O. The summed E-state index contributed by atoms with van der Waals surface area (Å²) in [7, 11) is -3.88. The lowest BCUT2D eigenvalue weighted by molar-refractivity contribution is 0.266. The van der Waals surface area contributed by atoms with Crippen LogP contribution in [0.1, 0.15) is 51.3 Å². The molecule has 1 aliphatic carbocycles. The van der Waals surface area contributed by atoms with Crippen LogP contribution in [-0.4, -0.2) is 29.4 Å². The molecule has 3 aromatic rings. The Kier molecular flexibility index (Phi) is 14.9. The van der Waals surface area contributed by atoms with Crippen molar-refractivity contribution in [2.24, 2.45) is 16.6 Å². The van der Waals surface area contributed by atoms with E-state index in [0.717, 1.165) is 31.2 Å². The molecule has 0 saturated heterocycles. The first kappa shape index (κ1) is 34.2. The molecule has 2 aromatic carbocycles. The molecule has 1 heterocycles. The summed E-state index contributed by atoms with van der Waals surface area (Å²) in [6.07, 6.45) is 5.66. The Morgan fingerprint density at radius 1 is 0.892 bits per heavy atom. The van der Waals surface area contributed by atoms with E-state index in [0.29, 0.717) is 22.9 Å². The molecule has 0 aliphatic heterocycles. The Morgan fingerprint density at radius 2 is 1.38 bits per heavy atom. The van der Waals surface area contributed by atoms with Gasteiger partial charge in [-0.15, -0.1) is 0 Å². The predicted octanol–water partition coefficient (Wildman–Crippen LogP) is 4.50. The number of amides is 2. The minimum Gasteiger partial charge on any atom is -0.440 e. The van der Waals surface area contributed by atoms with Crippen molar-refractivity contribution >= 4 is 45.8 Å². The van der Waals surface area contributed by atoms with Crippen LogP contribution in [0.15, 0.2) is 63.9 Å². The zero-order valence-electron chi connectivity index (χ0n) is 19.3. The Hall–Kier alpha value is -2.84. The second-order valence-corrected chi connectivity index (χ2v) is 10.1. The van der Waals surface area contributed by atoms with E-state index in [9.17, 15) is 8.42 Å². The molecule has 204 valence electrons. The monoisotopic (exact) mass is 570 g/mol. The van der Waals surface area contributed by atoms with Crippen molar-refractivity contribution in [3.8, 4) is 22.6 Å². The highest BCUT2D eigenvalue weighted by Crippen LogP contribution is 2.40. The number of rotatable bonds is 4. The predicted molar refractivity (Wildman–Crippen MR) is 152 cm³/mol. The molecule has 2 amide bonds. The molecule has 1 aromatic heterocycles. The number of primary sulfonamides is 1. The summed E-state index contributed by atoms with van der Waals surface area (Å²) >= 11 is 6.21. The van der Waals surface area contributed by atoms with Crippen LogP contribution in [0.25, 0.3) is 22.6 Å². The molecule has 37 heavy (non-hydrogen) atoms. The molecule has 0 atom stereocenters. The quantitative estimate of drug-likeness (QED) is 0.285. The summed E-state index contributed by atoms with van der Waals surface area (Å²) in [6.45, 7) is 0. The fourth-order valence-corrected chi connectivity index (χ4v) is 4.48. The molecule has 10 nitrogen and oxygen atoms in total. The average Bonchev–Trinajstić information content (AvgIpc) is 3.24. The van der Waals surface area contributed by atoms with E-state index in [2.05, 4.69) is 36.7 Å². The van der Waals surface area contributed by atoms with Gasteiger partial charge in [0.1, 0.15) is 5.69 Å². The van der Waals surface area contributed by atoms with E-state index in [1.54, 1.807) is 18.2 Å². The number of oxazole rings is 1. The first-order valence-corrected chi connectivity index (χ1v) is 13.1. The van der Waals surface area contributed by atoms with Crippen LogP contribution in [0.3, 0.4) is 0 Å². The van der Waals surface area contributed by atoms with Crippen LogP contribution < -0.4 is 16.6 Å². The molecule has 1 fully saturated rings. The average molecular weight is 571 g/mol. The fraction of sp³-hybridized carbons (Fsp3) is 0.292. The van der Waals surface area contributed by atoms with Gasteiger partial charge in [-0.2, -0.15) is 0 Å². The van der Waals surface area contributed by atoms with Gasteiger partial charge in [-0.1, -0.05) is 100 Å². The molecule has 4 rings (SSSR count). The maximum Gasteiger partial charge on any atom is 0.273 e. The van der Waals surface area contributed by atoms with E-state index in [-0.39, 0.29) is 23.7 Å². The minimum atomic E-state index is -3.88. The third-order valence-corrected chi connectivity index (χ3v) is 6.05. The van der Waals surface area contributed by atoms with Crippen molar-refractivity contribution in [2.45, 2.75) is 50.3 Å². The van der Waals surface area contributed by atoms with Crippen LogP contribution in [0.2, 0.25) is 0 Å². The van der Waals surface area contributed by atoms with Gasteiger partial charge in [0.15, 0.2) is 11.7 Å². The number of carbonyl (C=O) groups is 2. The highest BCUT2D eigenvalue weighted by Gasteiger charge is 2.27. The van der Waals surface area contributed by atoms with Crippen molar-refractivity contribution in [3.05, 3.63) is 60.5 Å². The van der Waals surface area contributed by atoms with Gasteiger partial charge in [0.2, 0.25) is 10.0 Å². The summed E-state index contributed by atoms with van der Waals surface area (Å²) in [5, 5.41) is 4.17. The number of hydrogen-bond donors (Lipinski definition) is 5. The largest absolute Gasteiger partial charge is 0.440 e. The number of carbonyl (C=O) groups excluding carboxylic acids is 2. The molecule has 0 radical (unpaired) electrons. The standard InChI is InChI=1S/C21H22N2O3S.2CH3NOS.CH4.H2O/c22-27(24,25)18-14-8-7-13-17(18)19-20(15-9-3-1-4-10-15)26-21(23-19)16-11-5-2-6-12-16;2*2-1(3)4;;/h1,3-4,7-10,13-14,16H,2,5-6,11-12H2,(H2,22,24,25);2*(H3,2,3,4);1H4;1H2. The van der Waals surface area contributed by atoms with Crippen molar-refractivity contribution < 1.29 is 27.9 Å². The summed E-state index contributed by atoms with van der Waals surface area (Å²) in [6, 6.07) is 16.3. The van der Waals surface area contributed by atoms with Crippen molar-refractivity contribution in [1.82, 2.24) is 4.98 Å². The van der Waals surface area contributed by atoms with E-state index < -0.39 is 20.5 Å². The maximum absolute atomic E-state index is 12.1. The Bertz CT molecular complexity index is 1220. The molecule has 0 bridgehead atoms. The van der Waals surface area contributed by atoms with Crippen LogP contribution in [0.5, 0.6) is 0 Å². The fourth-order valence-electron chi connectivity index (χ4n) is 3.74. The van der Waals surface area contributed by atoms with E-state index in [4.69, 9.17) is 24.1 Å². The molecule has 0 unspecified atom stereocenters. The highest BCUT2D eigenvalue weighted by molar-refractivity contribution is 7.96. The topological polar surface area (TPSA) is 204 Å². The second-order valence-electron chi connectivity index (χ2n) is 7.65. The number of sulfonamides is 1. The zero-order valence-corrected chi connectivity index (χ0v) is 21.9. The van der Waals surface area contributed by atoms with Gasteiger partial charge in [0, 0.05) is 17.0 Å². The Morgan fingerprint density at radius 3 is 1.89 bits per heavy atom. The van der Waals surface area contributed by atoms with Gasteiger partial charge < -0.3 is 21.4 Å². The molecule has 1 saturated carbocycles. The third kappa shape index (κ3) is 11.0. The zero-order chi connectivity index (χ0) is 26.0. The molecule has 13 heteroatoms. The number of thiol groups is 2. The number of hydrogen-bond acceptors (Lipinski definition) is 6. The first-order chi connectivity index (χ1) is 16.5. The van der Waals surface area contributed by atoms with Gasteiger partial charge in [0.05, 0.1) is 4.90 Å². The number of primary amides is 2. The van der Waals surface area contributed by atoms with Gasteiger partial charge >= 0.3 is 0 Å². The summed E-state index contributed by atoms with van der Waals surface area (Å²) in [5.41, 5.74) is 10.6. The minimum absolute atomic E-state index is 0. The summed E-state index contributed by atoms with van der Waals surface area (Å²) < 4.78 is 30.4. The molecule has 8 N–H and O–H groups in total. The van der Waals surface area contributed by atoms with Crippen molar-refractivity contribution in [2.75, 3.05) is 0 Å². The van der Waals surface area contributed by atoms with E-state index >= 15 is 0 Å². The van der Waals surface area contributed by atoms with Crippen LogP contribution >= 0.6 is 25.3 Å². The van der Waals surface area contributed by atoms with E-state index in [1.165, 1.54) is 12.5 Å². The van der Waals surface area contributed by atoms with Gasteiger partial charge in [-0.25, -0.2) is 18.5 Å². The highest BCUT2D eigenvalue weighted by atomic mass is 32.2. The third-order valence-electron chi connectivity index (χ3n) is 5.08. The number of nitrogens with two attached hydrogens (primary N) is 3. The Balaban J connectivity index is 0.00000115. The van der Waals surface area contributed by atoms with Crippen LogP contribution in [0.4, 0.5) is 9.59 Å². The summed E-state index contributed by atoms with van der Waals surface area (Å²) in [5.74, 6) is 1.55. The molecular formula is C24H34N4O6S3. The first-order valence-electron chi connectivity index (χ1n) is 10.7. The van der Waals surface area contributed by atoms with Crippen molar-refractivity contribution in [1.29, 1.82) is 0 Å². The van der Waals surface area contributed by atoms with E-state index in [1.807, 2.05) is 30.3 Å². The van der Waals surface area contributed by atoms with Crippen molar-refractivity contribution in [3.63, 3.8) is 0 Å². The molecule has 0 spiro atoms. The van der Waals surface area contributed by atoms with Gasteiger partial charge in [-0.05, 0) is 18.9 Å². The lowest BCUT2D eigenvalue weighted by atomic mass is 9.89. The number of benzene rings is 2. The van der Waals surface area contributed by atoms with Crippen LogP contribution in [0, 0.1) is 0 Å². The smallest absolute Gasteiger partial charge is 0.273 e. The molecule has 1 aliphatic rings. The second kappa shape index (κ2) is 16.1.